The van der Waals surface area contributed by atoms with Crippen LogP contribution in [0.4, 0.5) is 10.5 Å². The van der Waals surface area contributed by atoms with Gasteiger partial charge in [0.2, 0.25) is 11.8 Å². The summed E-state index contributed by atoms with van der Waals surface area (Å²) in [6.45, 7) is -1.35. The van der Waals surface area contributed by atoms with Crippen molar-refractivity contribution in [2.45, 2.75) is 6.54 Å². The fraction of sp³-hybridized carbons (Fsp3) is 0.300. The Kier molecular flexibility index (Phi) is 5.23. The summed E-state index contributed by atoms with van der Waals surface area (Å²) in [7, 11) is 0. The summed E-state index contributed by atoms with van der Waals surface area (Å²) in [5, 5.41) is 14.6. The number of rotatable bonds is 7. The standard InChI is InChI=1S/C10H14N6O5/c11-7(17)3-15(4-8(12)18)10(21)14-6-1-13-16(2-6)5-9(19)20/h1-2H,3-5H2,(H2,11,17)(H2,12,18)(H,14,21)(H,19,20). The SMILES string of the molecule is NC(=O)CN(CC(N)=O)C(=O)Nc1cnn(CC(=O)O)c1. The Morgan fingerprint density at radius 1 is 1.24 bits per heavy atom. The summed E-state index contributed by atoms with van der Waals surface area (Å²) in [4.78, 5) is 44.9. The molecule has 11 heteroatoms. The highest BCUT2D eigenvalue weighted by Crippen LogP contribution is 2.06. The van der Waals surface area contributed by atoms with Crippen LogP contribution in [0.2, 0.25) is 0 Å². The third kappa shape index (κ3) is 5.59. The number of carbonyl (C=O) groups is 4. The number of carbonyl (C=O) groups excluding carboxylic acids is 3. The van der Waals surface area contributed by atoms with Gasteiger partial charge in [0.1, 0.15) is 19.6 Å². The lowest BCUT2D eigenvalue weighted by Crippen LogP contribution is -2.45. The molecule has 0 unspecified atom stereocenters. The zero-order chi connectivity index (χ0) is 16.0. The number of primary amides is 2. The Bertz CT molecular complexity index is 552. The average molecular weight is 298 g/mol. The van der Waals surface area contributed by atoms with E-state index >= 15 is 0 Å². The van der Waals surface area contributed by atoms with Crippen molar-refractivity contribution in [2.75, 3.05) is 18.4 Å². The molecule has 0 saturated heterocycles. The van der Waals surface area contributed by atoms with Gasteiger partial charge in [-0.25, -0.2) is 4.79 Å². The largest absolute Gasteiger partial charge is 0.480 e. The number of carboxylic acid groups (broad SMARTS) is 1. The number of aromatic nitrogens is 2. The van der Waals surface area contributed by atoms with E-state index in [1.807, 2.05) is 0 Å². The molecule has 0 aliphatic heterocycles. The van der Waals surface area contributed by atoms with Gasteiger partial charge in [-0.15, -0.1) is 0 Å². The number of nitrogens with zero attached hydrogens (tertiary/aromatic N) is 3. The van der Waals surface area contributed by atoms with Crippen molar-refractivity contribution < 1.29 is 24.3 Å². The monoisotopic (exact) mass is 298 g/mol. The molecule has 6 N–H and O–H groups in total. The van der Waals surface area contributed by atoms with Crippen molar-refractivity contribution >= 4 is 29.5 Å². The van der Waals surface area contributed by atoms with E-state index in [0.717, 1.165) is 9.58 Å². The molecular formula is C10H14N6O5. The molecule has 0 aliphatic rings. The van der Waals surface area contributed by atoms with Crippen LogP contribution in [0.3, 0.4) is 0 Å². The van der Waals surface area contributed by atoms with Crippen LogP contribution in [0.25, 0.3) is 0 Å². The fourth-order valence-corrected chi connectivity index (χ4v) is 1.43. The number of nitrogens with two attached hydrogens (primary N) is 2. The van der Waals surface area contributed by atoms with E-state index in [4.69, 9.17) is 16.6 Å². The highest BCUT2D eigenvalue weighted by molar-refractivity contribution is 5.94. The molecule has 4 amide bonds. The number of urea groups is 1. The molecule has 11 nitrogen and oxygen atoms in total. The van der Waals surface area contributed by atoms with Gasteiger partial charge in [-0.1, -0.05) is 0 Å². The van der Waals surface area contributed by atoms with E-state index in [0.29, 0.717) is 0 Å². The van der Waals surface area contributed by atoms with E-state index in [1.165, 1.54) is 12.4 Å². The number of amides is 4. The molecule has 1 heterocycles. The Labute approximate surface area is 118 Å². The maximum Gasteiger partial charge on any atom is 0.325 e. The summed E-state index contributed by atoms with van der Waals surface area (Å²) < 4.78 is 1.09. The van der Waals surface area contributed by atoms with Crippen LogP contribution in [-0.4, -0.2) is 56.7 Å². The van der Waals surface area contributed by atoms with Crippen molar-refractivity contribution in [1.82, 2.24) is 14.7 Å². The number of nitrogens with one attached hydrogen (secondary N) is 1. The zero-order valence-electron chi connectivity index (χ0n) is 10.9. The van der Waals surface area contributed by atoms with Gasteiger partial charge in [0.05, 0.1) is 11.9 Å². The van der Waals surface area contributed by atoms with Crippen LogP contribution in [0, 0.1) is 0 Å². The number of aliphatic carboxylic acids is 1. The molecule has 0 radical (unpaired) electrons. The first kappa shape index (κ1) is 15.9. The van der Waals surface area contributed by atoms with E-state index in [2.05, 4.69) is 10.4 Å². The van der Waals surface area contributed by atoms with Gasteiger partial charge < -0.3 is 26.8 Å². The second-order valence-electron chi connectivity index (χ2n) is 4.04. The van der Waals surface area contributed by atoms with Crippen LogP contribution >= 0.6 is 0 Å². The number of anilines is 1. The Morgan fingerprint density at radius 2 is 1.81 bits per heavy atom. The lowest BCUT2D eigenvalue weighted by Gasteiger charge is -2.19. The molecule has 1 aromatic heterocycles. The Morgan fingerprint density at radius 3 is 2.29 bits per heavy atom. The second-order valence-corrected chi connectivity index (χ2v) is 4.04. The van der Waals surface area contributed by atoms with Crippen LogP contribution in [0.5, 0.6) is 0 Å². The molecule has 0 spiro atoms. The zero-order valence-corrected chi connectivity index (χ0v) is 10.9. The molecule has 21 heavy (non-hydrogen) atoms. The molecule has 1 aromatic rings. The smallest absolute Gasteiger partial charge is 0.325 e. The molecule has 0 fully saturated rings. The van der Waals surface area contributed by atoms with Crippen LogP contribution in [-0.2, 0) is 20.9 Å². The minimum absolute atomic E-state index is 0.195. The summed E-state index contributed by atoms with van der Waals surface area (Å²) in [6, 6.07) is -0.789. The molecular weight excluding hydrogens is 284 g/mol. The Hall–Kier alpha value is -3.11. The first-order valence-corrected chi connectivity index (χ1v) is 5.64. The van der Waals surface area contributed by atoms with Crippen LogP contribution in [0.1, 0.15) is 0 Å². The second kappa shape index (κ2) is 6.88. The van der Waals surface area contributed by atoms with Gasteiger partial charge in [-0.05, 0) is 0 Å². The van der Waals surface area contributed by atoms with E-state index in [9.17, 15) is 19.2 Å². The third-order valence-corrected chi connectivity index (χ3v) is 2.16. The number of carboxylic acids is 1. The summed E-state index contributed by atoms with van der Waals surface area (Å²) in [5.41, 5.74) is 10.1. The summed E-state index contributed by atoms with van der Waals surface area (Å²) >= 11 is 0. The molecule has 0 bridgehead atoms. The van der Waals surface area contributed by atoms with Gasteiger partial charge in [-0.2, -0.15) is 5.10 Å². The topological polar surface area (TPSA) is 174 Å². The average Bonchev–Trinajstić information content (AvgIpc) is 2.73. The first-order valence-electron chi connectivity index (χ1n) is 5.64. The van der Waals surface area contributed by atoms with E-state index in [1.54, 1.807) is 0 Å². The van der Waals surface area contributed by atoms with Crippen molar-refractivity contribution in [2.24, 2.45) is 11.5 Å². The van der Waals surface area contributed by atoms with Gasteiger partial charge in [0.25, 0.3) is 0 Å². The third-order valence-electron chi connectivity index (χ3n) is 2.16. The number of hydrogen-bond donors (Lipinski definition) is 4. The number of hydrogen-bond acceptors (Lipinski definition) is 5. The highest BCUT2D eigenvalue weighted by atomic mass is 16.4. The molecule has 0 aliphatic carbocycles. The van der Waals surface area contributed by atoms with Crippen molar-refractivity contribution in [1.29, 1.82) is 0 Å². The summed E-state index contributed by atoms with van der Waals surface area (Å²) in [5.74, 6) is -2.72. The van der Waals surface area contributed by atoms with Crippen LogP contribution in [0.15, 0.2) is 12.4 Å². The fourth-order valence-electron chi connectivity index (χ4n) is 1.43. The van der Waals surface area contributed by atoms with Gasteiger partial charge in [-0.3, -0.25) is 19.1 Å². The molecule has 1 rings (SSSR count). The maximum absolute atomic E-state index is 11.9. The summed E-state index contributed by atoms with van der Waals surface area (Å²) in [6.07, 6.45) is 2.49. The van der Waals surface area contributed by atoms with E-state index < -0.39 is 36.9 Å². The quantitative estimate of drug-likeness (QED) is 0.443. The van der Waals surface area contributed by atoms with Crippen LogP contribution < -0.4 is 16.8 Å². The lowest BCUT2D eigenvalue weighted by atomic mass is 10.4. The van der Waals surface area contributed by atoms with Crippen molar-refractivity contribution in [3.05, 3.63) is 12.4 Å². The first-order chi connectivity index (χ1) is 9.77. The van der Waals surface area contributed by atoms with Crippen molar-refractivity contribution in [3.63, 3.8) is 0 Å². The molecule has 0 saturated carbocycles. The lowest BCUT2D eigenvalue weighted by molar-refractivity contribution is -0.138. The molecule has 0 aromatic carbocycles. The Balaban J connectivity index is 2.71. The normalized spacial score (nSPS) is 9.90. The molecule has 0 atom stereocenters. The minimum Gasteiger partial charge on any atom is -0.480 e. The minimum atomic E-state index is -1.10. The van der Waals surface area contributed by atoms with Crippen molar-refractivity contribution in [3.8, 4) is 0 Å². The van der Waals surface area contributed by atoms with Gasteiger partial charge in [0, 0.05) is 6.20 Å². The maximum atomic E-state index is 11.9. The van der Waals surface area contributed by atoms with Gasteiger partial charge >= 0.3 is 12.0 Å². The van der Waals surface area contributed by atoms with Gasteiger partial charge in [0.15, 0.2) is 0 Å². The van der Waals surface area contributed by atoms with E-state index in [-0.39, 0.29) is 12.2 Å². The molecule has 114 valence electrons. The predicted octanol–water partition coefficient (Wildman–Crippen LogP) is -2.23. The highest BCUT2D eigenvalue weighted by Gasteiger charge is 2.18. The predicted molar refractivity (Wildman–Crippen MR) is 68.8 cm³/mol.